The molecule has 0 aliphatic carbocycles. The Morgan fingerprint density at radius 3 is 2.70 bits per heavy atom. The van der Waals surface area contributed by atoms with Gasteiger partial charge >= 0.3 is 6.09 Å². The zero-order valence-corrected chi connectivity index (χ0v) is 16.0. The van der Waals surface area contributed by atoms with E-state index in [1.165, 1.54) is 18.3 Å². The van der Waals surface area contributed by atoms with Crippen LogP contribution in [0.25, 0.3) is 0 Å². The minimum atomic E-state index is -0.362. The molecule has 1 atom stereocenters. The molecule has 0 saturated carbocycles. The second kappa shape index (κ2) is 8.81. The van der Waals surface area contributed by atoms with Crippen molar-refractivity contribution >= 4 is 29.1 Å². The smallest absolute Gasteiger partial charge is 0.410 e. The SMILES string of the molecule is CC(=O)c1cc(CC(=O)N[C@H]2CCN(C(=O)OCc3ccccc3)C2)cs1. The Bertz CT molecular complexity index is 818. The first-order valence-electron chi connectivity index (χ1n) is 8.84. The first-order valence-corrected chi connectivity index (χ1v) is 9.72. The van der Waals surface area contributed by atoms with Crippen LogP contribution in [0.1, 0.15) is 34.1 Å². The van der Waals surface area contributed by atoms with E-state index in [2.05, 4.69) is 5.32 Å². The highest BCUT2D eigenvalue weighted by Crippen LogP contribution is 2.16. The average Bonchev–Trinajstić information content (AvgIpc) is 3.30. The lowest BCUT2D eigenvalue weighted by atomic mass is 10.2. The molecule has 0 spiro atoms. The van der Waals surface area contributed by atoms with Gasteiger partial charge in [0.1, 0.15) is 6.61 Å². The molecule has 142 valence electrons. The summed E-state index contributed by atoms with van der Waals surface area (Å²) in [5.41, 5.74) is 1.77. The van der Waals surface area contributed by atoms with E-state index in [4.69, 9.17) is 4.74 Å². The first-order chi connectivity index (χ1) is 13.0. The minimum absolute atomic E-state index is 0.00658. The largest absolute Gasteiger partial charge is 0.445 e. The predicted molar refractivity (Wildman–Crippen MR) is 103 cm³/mol. The number of nitrogens with one attached hydrogen (secondary N) is 1. The van der Waals surface area contributed by atoms with E-state index in [9.17, 15) is 14.4 Å². The van der Waals surface area contributed by atoms with Crippen molar-refractivity contribution in [2.45, 2.75) is 32.4 Å². The molecule has 0 radical (unpaired) electrons. The molecule has 1 aliphatic rings. The van der Waals surface area contributed by atoms with Crippen molar-refractivity contribution in [1.82, 2.24) is 10.2 Å². The number of carbonyl (C=O) groups excluding carboxylic acids is 3. The fourth-order valence-corrected chi connectivity index (χ4v) is 3.79. The summed E-state index contributed by atoms with van der Waals surface area (Å²) >= 11 is 1.35. The molecule has 1 saturated heterocycles. The fraction of sp³-hybridized carbons (Fsp3) is 0.350. The van der Waals surface area contributed by atoms with E-state index in [0.29, 0.717) is 24.4 Å². The molecule has 2 heterocycles. The number of benzene rings is 1. The van der Waals surface area contributed by atoms with Crippen molar-refractivity contribution < 1.29 is 19.1 Å². The Morgan fingerprint density at radius 2 is 2.00 bits per heavy atom. The van der Waals surface area contributed by atoms with E-state index in [1.807, 2.05) is 35.7 Å². The number of rotatable bonds is 6. The standard InChI is InChI=1S/C20H22N2O4S/c1-14(23)18-9-16(13-27-18)10-19(24)21-17-7-8-22(11-17)20(25)26-12-15-5-3-2-4-6-15/h2-6,9,13,17H,7-8,10-12H2,1H3,(H,21,24)/t17-/m0/s1. The van der Waals surface area contributed by atoms with Gasteiger partial charge in [0.25, 0.3) is 0 Å². The van der Waals surface area contributed by atoms with E-state index in [-0.39, 0.29) is 36.9 Å². The van der Waals surface area contributed by atoms with Crippen LogP contribution in [0.15, 0.2) is 41.8 Å². The van der Waals surface area contributed by atoms with Crippen LogP contribution in [-0.2, 0) is 22.6 Å². The van der Waals surface area contributed by atoms with Crippen molar-refractivity contribution in [3.63, 3.8) is 0 Å². The molecule has 1 aromatic heterocycles. The Balaban J connectivity index is 1.42. The fourth-order valence-electron chi connectivity index (χ4n) is 2.97. The van der Waals surface area contributed by atoms with Crippen LogP contribution in [0.2, 0.25) is 0 Å². The highest BCUT2D eigenvalue weighted by molar-refractivity contribution is 7.12. The van der Waals surface area contributed by atoms with Gasteiger partial charge in [0.2, 0.25) is 5.91 Å². The molecule has 1 aromatic carbocycles. The third-order valence-corrected chi connectivity index (χ3v) is 5.46. The van der Waals surface area contributed by atoms with Gasteiger partial charge in [-0.1, -0.05) is 30.3 Å². The van der Waals surface area contributed by atoms with Gasteiger partial charge in [-0.25, -0.2) is 4.79 Å². The zero-order chi connectivity index (χ0) is 19.2. The maximum Gasteiger partial charge on any atom is 0.410 e. The van der Waals surface area contributed by atoms with E-state index < -0.39 is 0 Å². The topological polar surface area (TPSA) is 75.7 Å². The molecule has 6 nitrogen and oxygen atoms in total. The molecule has 27 heavy (non-hydrogen) atoms. The number of likely N-dealkylation sites (tertiary alicyclic amines) is 1. The van der Waals surface area contributed by atoms with Crippen LogP contribution >= 0.6 is 11.3 Å². The summed E-state index contributed by atoms with van der Waals surface area (Å²) in [5, 5.41) is 4.79. The number of ketones is 1. The van der Waals surface area contributed by atoms with E-state index >= 15 is 0 Å². The summed E-state index contributed by atoms with van der Waals surface area (Å²) in [5.74, 6) is -0.0977. The maximum atomic E-state index is 12.2. The van der Waals surface area contributed by atoms with Gasteiger partial charge in [0, 0.05) is 19.1 Å². The summed E-state index contributed by atoms with van der Waals surface area (Å²) in [6, 6.07) is 11.2. The van der Waals surface area contributed by atoms with Gasteiger partial charge in [-0.05, 0) is 35.9 Å². The Labute approximate surface area is 162 Å². The Kier molecular flexibility index (Phi) is 6.24. The highest BCUT2D eigenvalue weighted by Gasteiger charge is 2.28. The van der Waals surface area contributed by atoms with Crippen LogP contribution in [0.3, 0.4) is 0 Å². The second-order valence-corrected chi connectivity index (χ2v) is 7.50. The summed E-state index contributed by atoms with van der Waals surface area (Å²) < 4.78 is 5.33. The Morgan fingerprint density at radius 1 is 1.22 bits per heavy atom. The average molecular weight is 386 g/mol. The summed E-state index contributed by atoms with van der Waals surface area (Å²) in [6.07, 6.45) is 0.576. The molecule has 1 N–H and O–H groups in total. The molecule has 2 amide bonds. The van der Waals surface area contributed by atoms with Crippen LogP contribution in [0.5, 0.6) is 0 Å². The molecular formula is C20H22N2O4S. The van der Waals surface area contributed by atoms with Crippen LogP contribution in [0.4, 0.5) is 4.79 Å². The van der Waals surface area contributed by atoms with Gasteiger partial charge in [-0.3, -0.25) is 9.59 Å². The van der Waals surface area contributed by atoms with Gasteiger partial charge in [0.15, 0.2) is 5.78 Å². The summed E-state index contributed by atoms with van der Waals surface area (Å²) in [6.45, 7) is 2.76. The van der Waals surface area contributed by atoms with E-state index in [1.54, 1.807) is 11.0 Å². The Hall–Kier alpha value is -2.67. The number of nitrogens with zero attached hydrogens (tertiary/aromatic N) is 1. The lowest BCUT2D eigenvalue weighted by Gasteiger charge is -2.17. The molecular weight excluding hydrogens is 364 g/mol. The van der Waals surface area contributed by atoms with Crippen molar-refractivity contribution in [3.05, 3.63) is 57.8 Å². The predicted octanol–water partition coefficient (Wildman–Crippen LogP) is 3.02. The molecule has 0 unspecified atom stereocenters. The first kappa shape index (κ1) is 19.1. The lowest BCUT2D eigenvalue weighted by molar-refractivity contribution is -0.121. The molecule has 2 aromatic rings. The molecule has 3 rings (SSSR count). The number of thiophene rings is 1. The molecule has 0 bridgehead atoms. The van der Waals surface area contributed by atoms with Crippen LogP contribution < -0.4 is 5.32 Å². The molecule has 1 aliphatic heterocycles. The third-order valence-electron chi connectivity index (χ3n) is 4.38. The lowest BCUT2D eigenvalue weighted by Crippen LogP contribution is -2.39. The highest BCUT2D eigenvalue weighted by atomic mass is 32.1. The van der Waals surface area contributed by atoms with Gasteiger partial charge in [-0.2, -0.15) is 0 Å². The second-order valence-electron chi connectivity index (χ2n) is 6.59. The normalized spacial score (nSPS) is 16.2. The van der Waals surface area contributed by atoms with Gasteiger partial charge in [-0.15, -0.1) is 11.3 Å². The van der Waals surface area contributed by atoms with Crippen molar-refractivity contribution in [2.24, 2.45) is 0 Å². The van der Waals surface area contributed by atoms with Gasteiger partial charge in [0.05, 0.1) is 11.3 Å². The van der Waals surface area contributed by atoms with Crippen molar-refractivity contribution in [3.8, 4) is 0 Å². The van der Waals surface area contributed by atoms with Crippen LogP contribution in [0, 0.1) is 0 Å². The molecule has 7 heteroatoms. The third kappa shape index (κ3) is 5.40. The number of ether oxygens (including phenoxy) is 1. The number of hydrogen-bond donors (Lipinski definition) is 1. The van der Waals surface area contributed by atoms with Gasteiger partial charge < -0.3 is 15.0 Å². The number of hydrogen-bond acceptors (Lipinski definition) is 5. The van der Waals surface area contributed by atoms with Crippen molar-refractivity contribution in [1.29, 1.82) is 0 Å². The summed E-state index contributed by atoms with van der Waals surface area (Å²) in [7, 11) is 0. The number of Topliss-reactive ketones (excluding diaryl/α,β-unsaturated/α-hetero) is 1. The van der Waals surface area contributed by atoms with Crippen LogP contribution in [-0.4, -0.2) is 41.8 Å². The summed E-state index contributed by atoms with van der Waals surface area (Å²) in [4.78, 5) is 38.0. The minimum Gasteiger partial charge on any atom is -0.445 e. The van der Waals surface area contributed by atoms with E-state index in [0.717, 1.165) is 11.1 Å². The number of amides is 2. The number of carbonyl (C=O) groups is 3. The monoisotopic (exact) mass is 386 g/mol. The zero-order valence-electron chi connectivity index (χ0n) is 15.1. The quantitative estimate of drug-likeness (QED) is 0.775. The maximum absolute atomic E-state index is 12.2. The molecule has 1 fully saturated rings. The van der Waals surface area contributed by atoms with Crippen molar-refractivity contribution in [2.75, 3.05) is 13.1 Å².